The monoisotopic (exact) mass is 677 g/mol. The Morgan fingerprint density at radius 1 is 0.385 bits per heavy atom. The number of aromatic nitrogens is 3. The van der Waals surface area contributed by atoms with Crippen LogP contribution in [0.2, 0.25) is 0 Å². The molecule has 9 aromatic carbocycles. The summed E-state index contributed by atoms with van der Waals surface area (Å²) in [6.45, 7) is 0. The Kier molecular flexibility index (Phi) is 5.65. The van der Waals surface area contributed by atoms with Crippen molar-refractivity contribution >= 4 is 107 Å². The molecular formula is C48H27N3S. The third kappa shape index (κ3) is 3.69. The number of nitrogens with zero attached hydrogens (tertiary/aromatic N) is 3. The average molecular weight is 678 g/mol. The standard InChI is InChI=1S/C48H27N3S/c1-2-14-28(15-3-1)44-38-27-26-36-31-18-11-13-25-40(31)52-47(36)45(38)50-48(49-44)51-39-24-12-10-23-37(39)43-42-33-20-7-5-17-30(33)29-16-4-6-19-32(29)41(42)34-21-8-9-22-35(34)46(43)51/h1-27H. The quantitative estimate of drug-likeness (QED) is 0.171. The molecule has 3 heterocycles. The van der Waals surface area contributed by atoms with Crippen LogP contribution in [0.1, 0.15) is 0 Å². The summed E-state index contributed by atoms with van der Waals surface area (Å²) < 4.78 is 4.79. The highest BCUT2D eigenvalue weighted by Crippen LogP contribution is 2.48. The molecule has 0 saturated heterocycles. The highest BCUT2D eigenvalue weighted by atomic mass is 32.1. The van der Waals surface area contributed by atoms with Crippen LogP contribution in [0.3, 0.4) is 0 Å². The van der Waals surface area contributed by atoms with Crippen molar-refractivity contribution in [2.24, 2.45) is 0 Å². The summed E-state index contributed by atoms with van der Waals surface area (Å²) in [5.41, 5.74) is 5.22. The van der Waals surface area contributed by atoms with Crippen LogP contribution >= 0.6 is 11.3 Å². The second-order valence-electron chi connectivity index (χ2n) is 13.6. The molecule has 0 aliphatic heterocycles. The molecule has 3 nitrogen and oxygen atoms in total. The second kappa shape index (κ2) is 10.5. The Bertz CT molecular complexity index is 3470. The van der Waals surface area contributed by atoms with Crippen molar-refractivity contribution < 1.29 is 0 Å². The minimum atomic E-state index is 0.678. The molecule has 12 aromatic rings. The lowest BCUT2D eigenvalue weighted by atomic mass is 9.88. The average Bonchev–Trinajstić information content (AvgIpc) is 3.77. The largest absolute Gasteiger partial charge is 0.277 e. The van der Waals surface area contributed by atoms with E-state index in [1.54, 1.807) is 0 Å². The number of para-hydroxylation sites is 1. The Morgan fingerprint density at radius 3 is 1.69 bits per heavy atom. The van der Waals surface area contributed by atoms with Crippen LogP contribution in [0.5, 0.6) is 0 Å². The summed E-state index contributed by atoms with van der Waals surface area (Å²) in [7, 11) is 0. The summed E-state index contributed by atoms with van der Waals surface area (Å²) in [6.07, 6.45) is 0. The summed E-state index contributed by atoms with van der Waals surface area (Å²) in [6, 6.07) is 59.2. The number of thiophene rings is 1. The maximum atomic E-state index is 5.59. The van der Waals surface area contributed by atoms with E-state index in [1.165, 1.54) is 74.0 Å². The number of rotatable bonds is 2. The van der Waals surface area contributed by atoms with Crippen molar-refractivity contribution in [3.63, 3.8) is 0 Å². The molecule has 0 unspecified atom stereocenters. The van der Waals surface area contributed by atoms with Gasteiger partial charge in [-0.25, -0.2) is 9.97 Å². The molecule has 0 atom stereocenters. The van der Waals surface area contributed by atoms with E-state index >= 15 is 0 Å². The third-order valence-electron chi connectivity index (χ3n) is 11.0. The summed E-state index contributed by atoms with van der Waals surface area (Å²) >= 11 is 1.82. The van der Waals surface area contributed by atoms with Crippen molar-refractivity contribution in [3.05, 3.63) is 164 Å². The summed E-state index contributed by atoms with van der Waals surface area (Å²) in [4.78, 5) is 11.1. The van der Waals surface area contributed by atoms with E-state index in [2.05, 4.69) is 168 Å². The number of hydrogen-bond donors (Lipinski definition) is 0. The van der Waals surface area contributed by atoms with E-state index in [-0.39, 0.29) is 0 Å². The van der Waals surface area contributed by atoms with Gasteiger partial charge in [-0.3, -0.25) is 4.57 Å². The van der Waals surface area contributed by atoms with Crippen LogP contribution in [0.4, 0.5) is 0 Å². The zero-order chi connectivity index (χ0) is 33.9. The van der Waals surface area contributed by atoms with Crippen molar-refractivity contribution in [1.82, 2.24) is 14.5 Å². The fourth-order valence-corrected chi connectivity index (χ4v) is 10.0. The van der Waals surface area contributed by atoms with Gasteiger partial charge in [-0.05, 0) is 50.5 Å². The molecule has 0 fully saturated rings. The van der Waals surface area contributed by atoms with E-state index in [4.69, 9.17) is 9.97 Å². The van der Waals surface area contributed by atoms with E-state index in [9.17, 15) is 0 Å². The fraction of sp³-hybridized carbons (Fsp3) is 0. The Balaban J connectivity index is 1.34. The Morgan fingerprint density at radius 2 is 0.942 bits per heavy atom. The maximum Gasteiger partial charge on any atom is 0.235 e. The maximum absolute atomic E-state index is 5.59. The van der Waals surface area contributed by atoms with Gasteiger partial charge in [-0.1, -0.05) is 146 Å². The van der Waals surface area contributed by atoms with Crippen molar-refractivity contribution in [2.75, 3.05) is 0 Å². The molecule has 0 amide bonds. The zero-order valence-corrected chi connectivity index (χ0v) is 28.7. The predicted molar refractivity (Wildman–Crippen MR) is 222 cm³/mol. The van der Waals surface area contributed by atoms with Crippen LogP contribution in [0.15, 0.2) is 164 Å². The molecule has 0 spiro atoms. The SMILES string of the molecule is c1ccc(-c2nc(-n3c4ccccc4c4c5c6ccccc6c6ccccc6c5c5ccccc5c43)nc3c2ccc2c4ccccc4sc23)cc1. The zero-order valence-electron chi connectivity index (χ0n) is 27.8. The van der Waals surface area contributed by atoms with Gasteiger partial charge in [0.2, 0.25) is 5.95 Å². The first-order valence-corrected chi connectivity index (χ1v) is 18.5. The first-order chi connectivity index (χ1) is 25.8. The van der Waals surface area contributed by atoms with Gasteiger partial charge in [-0.2, -0.15) is 0 Å². The molecule has 0 saturated carbocycles. The molecule has 0 aliphatic rings. The van der Waals surface area contributed by atoms with Crippen LogP contribution in [0.25, 0.3) is 113 Å². The van der Waals surface area contributed by atoms with Gasteiger partial charge < -0.3 is 0 Å². The lowest BCUT2D eigenvalue weighted by molar-refractivity contribution is 1.02. The van der Waals surface area contributed by atoms with Crippen molar-refractivity contribution in [3.8, 4) is 17.2 Å². The third-order valence-corrected chi connectivity index (χ3v) is 12.1. The number of benzene rings is 9. The van der Waals surface area contributed by atoms with Crippen LogP contribution in [-0.4, -0.2) is 14.5 Å². The van der Waals surface area contributed by atoms with Crippen molar-refractivity contribution in [1.29, 1.82) is 0 Å². The van der Waals surface area contributed by atoms with E-state index in [0.717, 1.165) is 33.2 Å². The van der Waals surface area contributed by atoms with Gasteiger partial charge >= 0.3 is 0 Å². The Hall–Kier alpha value is -6.62. The molecule has 4 heteroatoms. The molecule has 0 N–H and O–H groups in total. The minimum absolute atomic E-state index is 0.678. The molecule has 240 valence electrons. The highest BCUT2D eigenvalue weighted by Gasteiger charge is 2.24. The van der Waals surface area contributed by atoms with Crippen LogP contribution < -0.4 is 0 Å². The molecule has 12 rings (SSSR count). The molecule has 3 aromatic heterocycles. The molecule has 0 radical (unpaired) electrons. The first-order valence-electron chi connectivity index (χ1n) is 17.7. The number of fused-ring (bicyclic) bond motifs is 18. The van der Waals surface area contributed by atoms with E-state index < -0.39 is 0 Å². The first kappa shape index (κ1) is 28.1. The van der Waals surface area contributed by atoms with Crippen LogP contribution in [-0.2, 0) is 0 Å². The van der Waals surface area contributed by atoms with Gasteiger partial charge in [0.05, 0.1) is 26.9 Å². The normalized spacial score (nSPS) is 12.2. The minimum Gasteiger partial charge on any atom is -0.277 e. The predicted octanol–water partition coefficient (Wildman–Crippen LogP) is 13.4. The second-order valence-corrected chi connectivity index (χ2v) is 14.7. The highest BCUT2D eigenvalue weighted by molar-refractivity contribution is 7.26. The van der Waals surface area contributed by atoms with Crippen LogP contribution in [0, 0.1) is 0 Å². The summed E-state index contributed by atoms with van der Waals surface area (Å²) in [5, 5.41) is 16.0. The summed E-state index contributed by atoms with van der Waals surface area (Å²) in [5.74, 6) is 0.678. The Labute approximate surface area is 301 Å². The van der Waals surface area contributed by atoms with Gasteiger partial charge in [0.1, 0.15) is 0 Å². The molecule has 0 bridgehead atoms. The van der Waals surface area contributed by atoms with Gasteiger partial charge in [0, 0.05) is 48.0 Å². The van der Waals surface area contributed by atoms with Crippen molar-refractivity contribution in [2.45, 2.75) is 0 Å². The van der Waals surface area contributed by atoms with Gasteiger partial charge in [-0.15, -0.1) is 11.3 Å². The topological polar surface area (TPSA) is 30.7 Å². The molecular weight excluding hydrogens is 651 g/mol. The van der Waals surface area contributed by atoms with E-state index in [1.807, 2.05) is 11.3 Å². The van der Waals surface area contributed by atoms with E-state index in [0.29, 0.717) is 5.95 Å². The smallest absolute Gasteiger partial charge is 0.235 e. The molecule has 0 aliphatic carbocycles. The van der Waals surface area contributed by atoms with Gasteiger partial charge in [0.25, 0.3) is 0 Å². The lowest BCUT2D eigenvalue weighted by Crippen LogP contribution is -2.04. The number of hydrogen-bond acceptors (Lipinski definition) is 3. The lowest BCUT2D eigenvalue weighted by Gasteiger charge is -2.16. The molecule has 52 heavy (non-hydrogen) atoms. The fourth-order valence-electron chi connectivity index (χ4n) is 8.82. The van der Waals surface area contributed by atoms with Gasteiger partial charge in [0.15, 0.2) is 0 Å².